The van der Waals surface area contributed by atoms with Gasteiger partial charge in [-0.15, -0.1) is 11.8 Å². The maximum absolute atomic E-state index is 9.72. The van der Waals surface area contributed by atoms with Crippen molar-refractivity contribution in [3.05, 3.63) is 22.8 Å². The highest BCUT2D eigenvalue weighted by Gasteiger charge is 2.21. The van der Waals surface area contributed by atoms with Crippen molar-refractivity contribution in [2.75, 3.05) is 12.3 Å². The molecule has 0 bridgehead atoms. The van der Waals surface area contributed by atoms with E-state index in [-0.39, 0.29) is 6.10 Å². The van der Waals surface area contributed by atoms with Crippen molar-refractivity contribution in [2.24, 2.45) is 0 Å². The van der Waals surface area contributed by atoms with E-state index in [1.807, 2.05) is 12.1 Å². The second-order valence-electron chi connectivity index (χ2n) is 3.96. The zero-order valence-electron chi connectivity index (χ0n) is 8.90. The summed E-state index contributed by atoms with van der Waals surface area (Å²) in [5, 5.41) is 14.0. The molecule has 2 rings (SSSR count). The minimum Gasteiger partial charge on any atom is -0.391 e. The van der Waals surface area contributed by atoms with Crippen LogP contribution in [0.2, 0.25) is 0 Å². The van der Waals surface area contributed by atoms with Gasteiger partial charge < -0.3 is 10.4 Å². The number of rotatable bonds is 6. The first-order chi connectivity index (χ1) is 7.74. The van der Waals surface area contributed by atoms with E-state index < -0.39 is 0 Å². The van der Waals surface area contributed by atoms with E-state index >= 15 is 0 Å². The van der Waals surface area contributed by atoms with Crippen LogP contribution in [0.4, 0.5) is 0 Å². The Morgan fingerprint density at radius 2 is 2.38 bits per heavy atom. The van der Waals surface area contributed by atoms with Crippen LogP contribution in [0, 0.1) is 0 Å². The number of aliphatic hydroxyl groups is 1. The van der Waals surface area contributed by atoms with Gasteiger partial charge in [0.05, 0.1) is 11.1 Å². The molecule has 1 aromatic rings. The van der Waals surface area contributed by atoms with Crippen LogP contribution < -0.4 is 5.32 Å². The van der Waals surface area contributed by atoms with Crippen LogP contribution in [0.15, 0.2) is 27.8 Å². The quantitative estimate of drug-likeness (QED) is 0.790. The van der Waals surface area contributed by atoms with Gasteiger partial charge in [-0.1, -0.05) is 0 Å². The van der Waals surface area contributed by atoms with Crippen molar-refractivity contribution in [3.63, 3.8) is 0 Å². The van der Waals surface area contributed by atoms with Gasteiger partial charge in [0.15, 0.2) is 0 Å². The summed E-state index contributed by atoms with van der Waals surface area (Å²) in [5.74, 6) is 0.689. The van der Waals surface area contributed by atoms with Gasteiger partial charge in [-0.2, -0.15) is 0 Å². The maximum atomic E-state index is 9.72. The number of hydrogen-bond donors (Lipinski definition) is 2. The van der Waals surface area contributed by atoms with E-state index in [1.165, 1.54) is 12.8 Å². The molecule has 0 aromatic carbocycles. The molecule has 0 saturated heterocycles. The van der Waals surface area contributed by atoms with Gasteiger partial charge >= 0.3 is 0 Å². The fourth-order valence-corrected chi connectivity index (χ4v) is 2.29. The van der Waals surface area contributed by atoms with E-state index in [0.29, 0.717) is 18.3 Å². The van der Waals surface area contributed by atoms with Gasteiger partial charge in [-0.3, -0.25) is 0 Å². The third kappa shape index (κ3) is 4.41. The van der Waals surface area contributed by atoms with E-state index in [1.54, 1.807) is 18.0 Å². The van der Waals surface area contributed by atoms with E-state index in [0.717, 1.165) is 9.50 Å². The summed E-state index contributed by atoms with van der Waals surface area (Å²) in [6.45, 7) is 0.689. The Bertz CT molecular complexity index is 329. The topological polar surface area (TPSA) is 45.1 Å². The van der Waals surface area contributed by atoms with Gasteiger partial charge in [0.25, 0.3) is 0 Å². The van der Waals surface area contributed by atoms with Crippen LogP contribution in [-0.4, -0.2) is 34.5 Å². The lowest BCUT2D eigenvalue weighted by molar-refractivity contribution is 0.195. The molecule has 5 heteroatoms. The molecule has 1 heterocycles. The number of thioether (sulfide) groups is 1. The molecule has 2 N–H and O–H groups in total. The first-order valence-corrected chi connectivity index (χ1v) is 7.17. The predicted octanol–water partition coefficient (Wildman–Crippen LogP) is 2.05. The molecule has 1 atom stereocenters. The normalized spacial score (nSPS) is 17.4. The molecule has 1 unspecified atom stereocenters. The molecule has 3 nitrogen and oxygen atoms in total. The molecule has 0 amide bonds. The molecule has 1 aromatic heterocycles. The Kier molecular flexibility index (Phi) is 4.64. The third-order valence-electron chi connectivity index (χ3n) is 2.34. The SMILES string of the molecule is OC(CNC1CC1)CSc1ccc(Br)cn1. The maximum Gasteiger partial charge on any atom is 0.0961 e. The predicted molar refractivity (Wildman–Crippen MR) is 69.7 cm³/mol. The summed E-state index contributed by atoms with van der Waals surface area (Å²) in [4.78, 5) is 4.24. The number of aliphatic hydroxyl groups excluding tert-OH is 1. The average Bonchev–Trinajstić information content (AvgIpc) is 3.09. The largest absolute Gasteiger partial charge is 0.391 e. The molecular weight excluding hydrogens is 288 g/mol. The second kappa shape index (κ2) is 6.00. The molecule has 0 spiro atoms. The number of nitrogens with one attached hydrogen (secondary N) is 1. The number of aromatic nitrogens is 1. The summed E-state index contributed by atoms with van der Waals surface area (Å²) in [5.41, 5.74) is 0. The summed E-state index contributed by atoms with van der Waals surface area (Å²) in [6, 6.07) is 4.57. The standard InChI is InChI=1S/C11H15BrN2OS/c12-8-1-4-11(14-5-8)16-7-10(15)6-13-9-2-3-9/h1,4-5,9-10,13,15H,2-3,6-7H2. The highest BCUT2D eigenvalue weighted by atomic mass is 79.9. The number of halogens is 1. The Morgan fingerprint density at radius 3 is 3.00 bits per heavy atom. The number of pyridine rings is 1. The molecule has 1 aliphatic carbocycles. The summed E-state index contributed by atoms with van der Waals surface area (Å²) in [6.07, 6.45) is 4.00. The van der Waals surface area contributed by atoms with Crippen molar-refractivity contribution >= 4 is 27.7 Å². The Labute approximate surface area is 108 Å². The van der Waals surface area contributed by atoms with Crippen molar-refractivity contribution in [1.82, 2.24) is 10.3 Å². The summed E-state index contributed by atoms with van der Waals surface area (Å²) in [7, 11) is 0. The number of nitrogens with zero attached hydrogens (tertiary/aromatic N) is 1. The monoisotopic (exact) mass is 302 g/mol. The van der Waals surface area contributed by atoms with Gasteiger partial charge in [0.1, 0.15) is 0 Å². The lowest BCUT2D eigenvalue weighted by atomic mass is 10.4. The van der Waals surface area contributed by atoms with Gasteiger partial charge in [-0.25, -0.2) is 4.98 Å². The van der Waals surface area contributed by atoms with E-state index in [2.05, 4.69) is 26.2 Å². The Balaban J connectivity index is 1.67. The van der Waals surface area contributed by atoms with Gasteiger partial charge in [0, 0.05) is 29.0 Å². The Morgan fingerprint density at radius 1 is 1.56 bits per heavy atom. The Hall–Kier alpha value is -0.100. The smallest absolute Gasteiger partial charge is 0.0961 e. The fourth-order valence-electron chi connectivity index (χ4n) is 1.28. The lowest BCUT2D eigenvalue weighted by Crippen LogP contribution is -2.29. The third-order valence-corrected chi connectivity index (χ3v) is 3.90. The highest BCUT2D eigenvalue weighted by molar-refractivity contribution is 9.10. The first-order valence-electron chi connectivity index (χ1n) is 5.40. The molecule has 1 saturated carbocycles. The minimum atomic E-state index is -0.295. The molecule has 88 valence electrons. The zero-order chi connectivity index (χ0) is 11.4. The lowest BCUT2D eigenvalue weighted by Gasteiger charge is -2.10. The molecule has 1 aliphatic rings. The van der Waals surface area contributed by atoms with Gasteiger partial charge in [-0.05, 0) is 40.9 Å². The second-order valence-corrected chi connectivity index (χ2v) is 5.92. The van der Waals surface area contributed by atoms with Crippen molar-refractivity contribution in [1.29, 1.82) is 0 Å². The highest BCUT2D eigenvalue weighted by Crippen LogP contribution is 2.20. The van der Waals surface area contributed by atoms with Crippen LogP contribution in [0.3, 0.4) is 0 Å². The summed E-state index contributed by atoms with van der Waals surface area (Å²) >= 11 is 4.93. The molecule has 0 radical (unpaired) electrons. The van der Waals surface area contributed by atoms with Crippen molar-refractivity contribution < 1.29 is 5.11 Å². The van der Waals surface area contributed by atoms with Crippen LogP contribution in [0.25, 0.3) is 0 Å². The van der Waals surface area contributed by atoms with Crippen LogP contribution in [-0.2, 0) is 0 Å². The average molecular weight is 303 g/mol. The van der Waals surface area contributed by atoms with Crippen molar-refractivity contribution in [2.45, 2.75) is 30.0 Å². The zero-order valence-corrected chi connectivity index (χ0v) is 11.3. The van der Waals surface area contributed by atoms with E-state index in [4.69, 9.17) is 0 Å². The van der Waals surface area contributed by atoms with Crippen LogP contribution in [0.5, 0.6) is 0 Å². The molecular formula is C11H15BrN2OS. The van der Waals surface area contributed by atoms with Crippen molar-refractivity contribution in [3.8, 4) is 0 Å². The molecule has 16 heavy (non-hydrogen) atoms. The molecule has 0 aliphatic heterocycles. The minimum absolute atomic E-state index is 0.295. The molecule has 1 fully saturated rings. The first kappa shape index (κ1) is 12.4. The van der Waals surface area contributed by atoms with Crippen LogP contribution in [0.1, 0.15) is 12.8 Å². The summed E-state index contributed by atoms with van der Waals surface area (Å²) < 4.78 is 0.979. The van der Waals surface area contributed by atoms with E-state index in [9.17, 15) is 5.11 Å². The fraction of sp³-hybridized carbons (Fsp3) is 0.545. The number of hydrogen-bond acceptors (Lipinski definition) is 4. The van der Waals surface area contributed by atoms with Gasteiger partial charge in [0.2, 0.25) is 0 Å². The van der Waals surface area contributed by atoms with Crippen LogP contribution >= 0.6 is 27.7 Å².